The van der Waals surface area contributed by atoms with Crippen LogP contribution in [0.5, 0.6) is 0 Å². The standard InChI is InChI=1S/C11H11NO5/c1-3-17-11(14)9-4-7(2)8(6-13)5-10(9)12(15)16/h4-6H,3H2,1-2H3. The summed E-state index contributed by atoms with van der Waals surface area (Å²) < 4.78 is 4.72. The molecule has 0 aromatic heterocycles. The summed E-state index contributed by atoms with van der Waals surface area (Å²) in [7, 11) is 0. The lowest BCUT2D eigenvalue weighted by Gasteiger charge is -2.05. The predicted octanol–water partition coefficient (Wildman–Crippen LogP) is 1.89. The Labute approximate surface area is 97.3 Å². The first-order valence-electron chi connectivity index (χ1n) is 4.92. The zero-order chi connectivity index (χ0) is 13.0. The Morgan fingerprint density at radius 1 is 1.53 bits per heavy atom. The summed E-state index contributed by atoms with van der Waals surface area (Å²) >= 11 is 0. The summed E-state index contributed by atoms with van der Waals surface area (Å²) in [6, 6.07) is 2.37. The van der Waals surface area contributed by atoms with Crippen LogP contribution in [0.15, 0.2) is 12.1 Å². The number of carbonyl (C=O) groups excluding carboxylic acids is 2. The summed E-state index contributed by atoms with van der Waals surface area (Å²) in [6.07, 6.45) is 0.511. The second kappa shape index (κ2) is 5.20. The van der Waals surface area contributed by atoms with Gasteiger partial charge in [0, 0.05) is 11.6 Å². The smallest absolute Gasteiger partial charge is 0.345 e. The zero-order valence-electron chi connectivity index (χ0n) is 9.43. The van der Waals surface area contributed by atoms with Crippen LogP contribution in [-0.4, -0.2) is 23.8 Å². The van der Waals surface area contributed by atoms with Crippen molar-refractivity contribution in [2.75, 3.05) is 6.61 Å². The molecule has 0 saturated heterocycles. The van der Waals surface area contributed by atoms with Crippen LogP contribution >= 0.6 is 0 Å². The normalized spacial score (nSPS) is 9.76. The average molecular weight is 237 g/mol. The summed E-state index contributed by atoms with van der Waals surface area (Å²) in [5.74, 6) is -0.764. The zero-order valence-corrected chi connectivity index (χ0v) is 9.43. The lowest BCUT2D eigenvalue weighted by atomic mass is 10.0. The van der Waals surface area contributed by atoms with E-state index in [4.69, 9.17) is 4.74 Å². The fourth-order valence-electron chi connectivity index (χ4n) is 1.36. The Kier molecular flexibility index (Phi) is 3.92. The van der Waals surface area contributed by atoms with Gasteiger partial charge in [-0.05, 0) is 25.5 Å². The number of nitro groups is 1. The number of aryl methyl sites for hydroxylation is 1. The van der Waals surface area contributed by atoms with Crippen molar-refractivity contribution in [3.63, 3.8) is 0 Å². The van der Waals surface area contributed by atoms with E-state index in [9.17, 15) is 19.7 Å². The highest BCUT2D eigenvalue weighted by atomic mass is 16.6. The van der Waals surface area contributed by atoms with Crippen molar-refractivity contribution in [2.24, 2.45) is 0 Å². The van der Waals surface area contributed by atoms with Crippen LogP contribution < -0.4 is 0 Å². The van der Waals surface area contributed by atoms with Gasteiger partial charge in [-0.15, -0.1) is 0 Å². The van der Waals surface area contributed by atoms with Gasteiger partial charge in [-0.1, -0.05) is 0 Å². The number of carbonyl (C=O) groups is 2. The molecule has 1 aromatic rings. The van der Waals surface area contributed by atoms with Gasteiger partial charge in [-0.3, -0.25) is 14.9 Å². The first kappa shape index (κ1) is 12.8. The molecule has 0 fully saturated rings. The van der Waals surface area contributed by atoms with Crippen molar-refractivity contribution in [2.45, 2.75) is 13.8 Å². The Hall–Kier alpha value is -2.24. The minimum atomic E-state index is -0.764. The van der Waals surface area contributed by atoms with Crippen LogP contribution in [0, 0.1) is 17.0 Å². The number of aldehydes is 1. The van der Waals surface area contributed by atoms with E-state index in [0.29, 0.717) is 11.8 Å². The number of benzene rings is 1. The molecule has 0 saturated carbocycles. The van der Waals surface area contributed by atoms with Gasteiger partial charge in [0.1, 0.15) is 5.56 Å². The fourth-order valence-corrected chi connectivity index (χ4v) is 1.36. The maximum atomic E-state index is 11.5. The fraction of sp³-hybridized carbons (Fsp3) is 0.273. The number of nitro benzene ring substituents is 1. The van der Waals surface area contributed by atoms with E-state index in [0.717, 1.165) is 6.07 Å². The summed E-state index contributed by atoms with van der Waals surface area (Å²) in [6.45, 7) is 3.33. The van der Waals surface area contributed by atoms with Gasteiger partial charge in [-0.25, -0.2) is 4.79 Å². The van der Waals surface area contributed by atoms with Crippen molar-refractivity contribution in [1.29, 1.82) is 0 Å². The molecule has 17 heavy (non-hydrogen) atoms. The molecule has 0 aliphatic heterocycles. The molecule has 0 radical (unpaired) electrons. The van der Waals surface area contributed by atoms with Gasteiger partial charge in [0.15, 0.2) is 6.29 Å². The molecule has 0 spiro atoms. The highest BCUT2D eigenvalue weighted by molar-refractivity contribution is 5.95. The number of esters is 1. The van der Waals surface area contributed by atoms with E-state index in [-0.39, 0.29) is 17.7 Å². The molecule has 6 nitrogen and oxygen atoms in total. The second-order valence-corrected chi connectivity index (χ2v) is 3.32. The third-order valence-electron chi connectivity index (χ3n) is 2.20. The highest BCUT2D eigenvalue weighted by Crippen LogP contribution is 2.23. The molecule has 0 aliphatic rings. The molecule has 6 heteroatoms. The van der Waals surface area contributed by atoms with Gasteiger partial charge in [0.2, 0.25) is 0 Å². The van der Waals surface area contributed by atoms with E-state index in [1.54, 1.807) is 13.8 Å². The quantitative estimate of drug-likeness (QED) is 0.345. The molecule has 0 N–H and O–H groups in total. The van der Waals surface area contributed by atoms with Gasteiger partial charge < -0.3 is 4.74 Å². The predicted molar refractivity (Wildman–Crippen MR) is 59.2 cm³/mol. The Balaban J connectivity index is 3.37. The third kappa shape index (κ3) is 2.66. The number of rotatable bonds is 4. The maximum Gasteiger partial charge on any atom is 0.345 e. The molecular weight excluding hydrogens is 226 g/mol. The Bertz CT molecular complexity index is 481. The average Bonchev–Trinajstić information content (AvgIpc) is 2.28. The van der Waals surface area contributed by atoms with Crippen LogP contribution in [-0.2, 0) is 4.74 Å². The minimum Gasteiger partial charge on any atom is -0.462 e. The van der Waals surface area contributed by atoms with Crippen LogP contribution in [0.25, 0.3) is 0 Å². The minimum absolute atomic E-state index is 0.129. The van der Waals surface area contributed by atoms with Crippen molar-refractivity contribution >= 4 is 17.9 Å². The first-order chi connectivity index (χ1) is 8.01. The van der Waals surface area contributed by atoms with Crippen molar-refractivity contribution in [3.8, 4) is 0 Å². The molecular formula is C11H11NO5. The van der Waals surface area contributed by atoms with Crippen LogP contribution in [0.2, 0.25) is 0 Å². The molecule has 1 aromatic carbocycles. The first-order valence-corrected chi connectivity index (χ1v) is 4.92. The van der Waals surface area contributed by atoms with Crippen molar-refractivity contribution in [3.05, 3.63) is 38.9 Å². The number of ether oxygens (including phenoxy) is 1. The van der Waals surface area contributed by atoms with E-state index in [1.807, 2.05) is 0 Å². The van der Waals surface area contributed by atoms with Crippen molar-refractivity contribution < 1.29 is 19.2 Å². The van der Waals surface area contributed by atoms with E-state index < -0.39 is 16.6 Å². The SMILES string of the molecule is CCOC(=O)c1cc(C)c(C=O)cc1[N+](=O)[O-]. The molecule has 0 unspecified atom stereocenters. The highest BCUT2D eigenvalue weighted by Gasteiger charge is 2.23. The van der Waals surface area contributed by atoms with Gasteiger partial charge in [-0.2, -0.15) is 0 Å². The van der Waals surface area contributed by atoms with Gasteiger partial charge in [0.25, 0.3) is 5.69 Å². The Morgan fingerprint density at radius 3 is 2.65 bits per heavy atom. The van der Waals surface area contributed by atoms with Crippen LogP contribution in [0.3, 0.4) is 0 Å². The monoisotopic (exact) mass is 237 g/mol. The molecule has 90 valence electrons. The topological polar surface area (TPSA) is 86.5 Å². The molecule has 1 rings (SSSR count). The van der Waals surface area contributed by atoms with Gasteiger partial charge >= 0.3 is 5.97 Å². The number of hydrogen-bond acceptors (Lipinski definition) is 5. The third-order valence-corrected chi connectivity index (χ3v) is 2.20. The molecule has 0 amide bonds. The number of hydrogen-bond donors (Lipinski definition) is 0. The van der Waals surface area contributed by atoms with E-state index >= 15 is 0 Å². The van der Waals surface area contributed by atoms with Crippen LogP contribution in [0.1, 0.15) is 33.2 Å². The van der Waals surface area contributed by atoms with Gasteiger partial charge in [0.05, 0.1) is 11.5 Å². The number of nitrogens with zero attached hydrogens (tertiary/aromatic N) is 1. The second-order valence-electron chi connectivity index (χ2n) is 3.32. The van der Waals surface area contributed by atoms with Crippen LogP contribution in [0.4, 0.5) is 5.69 Å². The van der Waals surface area contributed by atoms with E-state index in [2.05, 4.69) is 0 Å². The lowest BCUT2D eigenvalue weighted by Crippen LogP contribution is -2.09. The lowest BCUT2D eigenvalue weighted by molar-refractivity contribution is -0.385. The maximum absolute atomic E-state index is 11.5. The summed E-state index contributed by atoms with van der Waals surface area (Å²) in [5, 5.41) is 10.8. The largest absolute Gasteiger partial charge is 0.462 e. The molecule has 0 heterocycles. The summed E-state index contributed by atoms with van der Waals surface area (Å²) in [5.41, 5.74) is 0.120. The Morgan fingerprint density at radius 2 is 2.18 bits per heavy atom. The summed E-state index contributed by atoms with van der Waals surface area (Å²) in [4.78, 5) is 32.3. The van der Waals surface area contributed by atoms with Crippen molar-refractivity contribution in [1.82, 2.24) is 0 Å². The van der Waals surface area contributed by atoms with E-state index in [1.165, 1.54) is 6.07 Å². The molecule has 0 bridgehead atoms. The molecule has 0 atom stereocenters. The molecule has 0 aliphatic carbocycles.